The zero-order valence-electron chi connectivity index (χ0n) is 8.69. The average Bonchev–Trinajstić information content (AvgIpc) is 2.32. The van der Waals surface area contributed by atoms with Crippen molar-refractivity contribution >= 4 is 17.6 Å². The second-order valence-corrected chi connectivity index (χ2v) is 3.79. The van der Waals surface area contributed by atoms with Gasteiger partial charge in [0, 0.05) is 5.02 Å². The van der Waals surface area contributed by atoms with Crippen LogP contribution in [0.25, 0.3) is 0 Å². The number of carbonyl (C=O) groups excluding carboxylic acids is 1. The van der Waals surface area contributed by atoms with Gasteiger partial charge < -0.3 is 4.74 Å². The summed E-state index contributed by atoms with van der Waals surface area (Å²) in [5.41, 5.74) is 0.167. The predicted octanol–water partition coefficient (Wildman–Crippen LogP) is 3.70. The standard InChI is InChI=1S/C13H8ClFO2/c14-10-4-6-12(7-5-10)17-13(16)9-2-1-3-11(15)8-9/h1-8H. The van der Waals surface area contributed by atoms with Gasteiger partial charge in [0.1, 0.15) is 11.6 Å². The highest BCUT2D eigenvalue weighted by molar-refractivity contribution is 6.30. The van der Waals surface area contributed by atoms with Crippen molar-refractivity contribution in [3.8, 4) is 5.75 Å². The lowest BCUT2D eigenvalue weighted by Gasteiger charge is -2.04. The van der Waals surface area contributed by atoms with E-state index in [0.29, 0.717) is 10.8 Å². The summed E-state index contributed by atoms with van der Waals surface area (Å²) in [5.74, 6) is -0.717. The number of esters is 1. The molecule has 4 heteroatoms. The minimum Gasteiger partial charge on any atom is -0.423 e. The van der Waals surface area contributed by atoms with E-state index in [4.69, 9.17) is 16.3 Å². The third-order valence-electron chi connectivity index (χ3n) is 2.08. The molecule has 0 radical (unpaired) electrons. The van der Waals surface area contributed by atoms with Crippen LogP contribution in [0.4, 0.5) is 4.39 Å². The van der Waals surface area contributed by atoms with Crippen molar-refractivity contribution in [2.45, 2.75) is 0 Å². The quantitative estimate of drug-likeness (QED) is 0.600. The molecule has 0 saturated carbocycles. The molecule has 2 aromatic carbocycles. The van der Waals surface area contributed by atoms with Crippen molar-refractivity contribution in [2.75, 3.05) is 0 Å². The molecule has 17 heavy (non-hydrogen) atoms. The highest BCUT2D eigenvalue weighted by Gasteiger charge is 2.08. The van der Waals surface area contributed by atoms with E-state index in [2.05, 4.69) is 0 Å². The highest BCUT2D eigenvalue weighted by Crippen LogP contribution is 2.17. The Hall–Kier alpha value is -1.87. The minimum atomic E-state index is -0.605. The van der Waals surface area contributed by atoms with Crippen LogP contribution in [0.15, 0.2) is 48.5 Å². The van der Waals surface area contributed by atoms with Crippen LogP contribution >= 0.6 is 11.6 Å². The Bertz CT molecular complexity index is 537. The van der Waals surface area contributed by atoms with Gasteiger partial charge in [-0.15, -0.1) is 0 Å². The Balaban J connectivity index is 2.14. The first kappa shape index (κ1) is 11.6. The van der Waals surface area contributed by atoms with Gasteiger partial charge in [0.2, 0.25) is 0 Å². The molecule has 0 aliphatic rings. The maximum atomic E-state index is 12.9. The molecule has 2 rings (SSSR count). The fraction of sp³-hybridized carbons (Fsp3) is 0. The zero-order valence-corrected chi connectivity index (χ0v) is 9.45. The largest absolute Gasteiger partial charge is 0.423 e. The molecule has 0 saturated heterocycles. The van der Waals surface area contributed by atoms with Gasteiger partial charge in [0.25, 0.3) is 0 Å². The van der Waals surface area contributed by atoms with Gasteiger partial charge in [0.05, 0.1) is 5.56 Å². The molecule has 0 N–H and O–H groups in total. The van der Waals surface area contributed by atoms with Gasteiger partial charge in [-0.2, -0.15) is 0 Å². The van der Waals surface area contributed by atoms with Gasteiger partial charge >= 0.3 is 5.97 Å². The number of carbonyl (C=O) groups is 1. The first-order valence-corrected chi connectivity index (χ1v) is 5.26. The molecule has 0 aliphatic carbocycles. The Labute approximate surface area is 103 Å². The highest BCUT2D eigenvalue weighted by atomic mass is 35.5. The minimum absolute atomic E-state index is 0.167. The topological polar surface area (TPSA) is 26.3 Å². The third-order valence-corrected chi connectivity index (χ3v) is 2.34. The Morgan fingerprint density at radius 3 is 2.47 bits per heavy atom. The molecular formula is C13H8ClFO2. The van der Waals surface area contributed by atoms with Crippen molar-refractivity contribution in [3.05, 3.63) is 64.9 Å². The summed E-state index contributed by atoms with van der Waals surface area (Å²) >= 11 is 5.70. The van der Waals surface area contributed by atoms with Crippen molar-refractivity contribution in [2.24, 2.45) is 0 Å². The van der Waals surface area contributed by atoms with Crippen LogP contribution < -0.4 is 4.74 Å². The molecular weight excluding hydrogens is 243 g/mol. The fourth-order valence-corrected chi connectivity index (χ4v) is 1.41. The maximum absolute atomic E-state index is 12.9. The maximum Gasteiger partial charge on any atom is 0.343 e. The molecule has 0 amide bonds. The van der Waals surface area contributed by atoms with E-state index in [1.807, 2.05) is 0 Å². The summed E-state index contributed by atoms with van der Waals surface area (Å²) < 4.78 is 17.9. The summed E-state index contributed by atoms with van der Waals surface area (Å²) in [6, 6.07) is 11.7. The van der Waals surface area contributed by atoms with Crippen molar-refractivity contribution < 1.29 is 13.9 Å². The molecule has 0 bridgehead atoms. The Morgan fingerprint density at radius 1 is 1.12 bits per heavy atom. The molecule has 0 unspecified atom stereocenters. The van der Waals surface area contributed by atoms with Crippen molar-refractivity contribution in [1.82, 2.24) is 0 Å². The van der Waals surface area contributed by atoms with Gasteiger partial charge in [-0.05, 0) is 42.5 Å². The van der Waals surface area contributed by atoms with Crippen molar-refractivity contribution in [3.63, 3.8) is 0 Å². The lowest BCUT2D eigenvalue weighted by atomic mass is 10.2. The fourth-order valence-electron chi connectivity index (χ4n) is 1.28. The van der Waals surface area contributed by atoms with Gasteiger partial charge in [-0.1, -0.05) is 17.7 Å². The first-order chi connectivity index (χ1) is 8.15. The molecule has 86 valence electrons. The predicted molar refractivity (Wildman–Crippen MR) is 62.8 cm³/mol. The van der Waals surface area contributed by atoms with E-state index in [1.54, 1.807) is 24.3 Å². The second-order valence-electron chi connectivity index (χ2n) is 3.35. The molecule has 0 aromatic heterocycles. The summed E-state index contributed by atoms with van der Waals surface area (Å²) in [7, 11) is 0. The van der Waals surface area contributed by atoms with E-state index >= 15 is 0 Å². The molecule has 2 nitrogen and oxygen atoms in total. The lowest BCUT2D eigenvalue weighted by Crippen LogP contribution is -2.08. The number of rotatable bonds is 2. The number of hydrogen-bond donors (Lipinski definition) is 0. The molecule has 0 atom stereocenters. The molecule has 0 aliphatic heterocycles. The number of benzene rings is 2. The van der Waals surface area contributed by atoms with Crippen LogP contribution in [-0.4, -0.2) is 5.97 Å². The normalized spacial score (nSPS) is 10.0. The smallest absolute Gasteiger partial charge is 0.343 e. The number of hydrogen-bond acceptors (Lipinski definition) is 2. The summed E-state index contributed by atoms with van der Waals surface area (Å²) in [6.45, 7) is 0. The molecule has 0 spiro atoms. The molecule has 2 aromatic rings. The van der Waals surface area contributed by atoms with Crippen LogP contribution in [0, 0.1) is 5.82 Å². The van der Waals surface area contributed by atoms with Crippen LogP contribution in [0.3, 0.4) is 0 Å². The summed E-state index contributed by atoms with van der Waals surface area (Å²) in [5, 5.41) is 0.551. The van der Waals surface area contributed by atoms with E-state index in [-0.39, 0.29) is 5.56 Å². The summed E-state index contributed by atoms with van der Waals surface area (Å²) in [4.78, 5) is 11.6. The lowest BCUT2D eigenvalue weighted by molar-refractivity contribution is 0.0734. The number of ether oxygens (including phenoxy) is 1. The van der Waals surface area contributed by atoms with Crippen LogP contribution in [-0.2, 0) is 0 Å². The average molecular weight is 251 g/mol. The SMILES string of the molecule is O=C(Oc1ccc(Cl)cc1)c1cccc(F)c1. The van der Waals surface area contributed by atoms with Gasteiger partial charge in [-0.3, -0.25) is 0 Å². The van der Waals surface area contributed by atoms with Crippen LogP contribution in [0.1, 0.15) is 10.4 Å². The third kappa shape index (κ3) is 3.04. The Morgan fingerprint density at radius 2 is 1.82 bits per heavy atom. The van der Waals surface area contributed by atoms with Crippen LogP contribution in [0.2, 0.25) is 5.02 Å². The second kappa shape index (κ2) is 4.97. The Kier molecular flexibility index (Phi) is 3.40. The number of halogens is 2. The van der Waals surface area contributed by atoms with E-state index in [0.717, 1.165) is 6.07 Å². The molecule has 0 fully saturated rings. The summed E-state index contributed by atoms with van der Waals surface area (Å²) in [6.07, 6.45) is 0. The van der Waals surface area contributed by atoms with E-state index < -0.39 is 11.8 Å². The monoisotopic (exact) mass is 250 g/mol. The van der Waals surface area contributed by atoms with Gasteiger partial charge in [-0.25, -0.2) is 9.18 Å². The van der Waals surface area contributed by atoms with Gasteiger partial charge in [0.15, 0.2) is 0 Å². The van der Waals surface area contributed by atoms with E-state index in [9.17, 15) is 9.18 Å². The zero-order chi connectivity index (χ0) is 12.3. The van der Waals surface area contributed by atoms with E-state index in [1.165, 1.54) is 18.2 Å². The first-order valence-electron chi connectivity index (χ1n) is 4.88. The van der Waals surface area contributed by atoms with Crippen LogP contribution in [0.5, 0.6) is 5.75 Å². The van der Waals surface area contributed by atoms with Crippen molar-refractivity contribution in [1.29, 1.82) is 0 Å². The molecule has 0 heterocycles.